The quantitative estimate of drug-likeness (QED) is 0.610. The van der Waals surface area contributed by atoms with Gasteiger partial charge in [0.15, 0.2) is 0 Å². The molecule has 88 valence electrons. The third kappa shape index (κ3) is 3.24. The van der Waals surface area contributed by atoms with Crippen LogP contribution in [0.25, 0.3) is 10.8 Å². The van der Waals surface area contributed by atoms with Crippen molar-refractivity contribution < 1.29 is 9.53 Å². The van der Waals surface area contributed by atoms with Gasteiger partial charge in [0, 0.05) is 4.90 Å². The predicted octanol–water partition coefficient (Wildman–Crippen LogP) is 3.50. The van der Waals surface area contributed by atoms with Gasteiger partial charge in [0.1, 0.15) is 0 Å². The van der Waals surface area contributed by atoms with Crippen LogP contribution in [0.15, 0.2) is 47.4 Å². The minimum absolute atomic E-state index is 0.161. The largest absolute Gasteiger partial charge is 0.465 e. The second-order valence-corrected chi connectivity index (χ2v) is 4.65. The molecule has 0 amide bonds. The summed E-state index contributed by atoms with van der Waals surface area (Å²) in [5.41, 5.74) is 0. The lowest BCUT2D eigenvalue weighted by Crippen LogP contribution is -2.06. The summed E-state index contributed by atoms with van der Waals surface area (Å²) >= 11 is 1.51. The molecule has 0 aliphatic heterocycles. The lowest BCUT2D eigenvalue weighted by molar-refractivity contribution is -0.139. The highest BCUT2D eigenvalue weighted by atomic mass is 32.2. The van der Waals surface area contributed by atoms with Crippen LogP contribution < -0.4 is 0 Å². The summed E-state index contributed by atoms with van der Waals surface area (Å²) in [5.74, 6) is 0.206. The highest BCUT2D eigenvalue weighted by Crippen LogP contribution is 2.23. The molecule has 0 unspecified atom stereocenters. The Hall–Kier alpha value is -1.48. The molecule has 0 saturated carbocycles. The first kappa shape index (κ1) is 12.0. The Bertz CT molecular complexity index is 522. The molecule has 0 saturated heterocycles. The van der Waals surface area contributed by atoms with Crippen LogP contribution in [-0.2, 0) is 9.53 Å². The monoisotopic (exact) mass is 246 g/mol. The summed E-state index contributed by atoms with van der Waals surface area (Å²) in [6.45, 7) is 2.26. The van der Waals surface area contributed by atoms with Gasteiger partial charge in [-0.05, 0) is 29.8 Å². The fraction of sp³-hybridized carbons (Fsp3) is 0.214. The molecule has 2 nitrogen and oxygen atoms in total. The van der Waals surface area contributed by atoms with E-state index >= 15 is 0 Å². The number of fused-ring (bicyclic) bond motifs is 1. The van der Waals surface area contributed by atoms with Gasteiger partial charge in [0.2, 0.25) is 0 Å². The van der Waals surface area contributed by atoms with E-state index in [4.69, 9.17) is 4.74 Å². The number of thioether (sulfide) groups is 1. The van der Waals surface area contributed by atoms with Crippen LogP contribution in [0.3, 0.4) is 0 Å². The van der Waals surface area contributed by atoms with Crippen molar-refractivity contribution in [1.82, 2.24) is 0 Å². The first-order chi connectivity index (χ1) is 8.29. The molecule has 17 heavy (non-hydrogen) atoms. The summed E-state index contributed by atoms with van der Waals surface area (Å²) in [5, 5.41) is 2.41. The second-order valence-electron chi connectivity index (χ2n) is 3.60. The molecule has 0 heterocycles. The highest BCUT2D eigenvalue weighted by molar-refractivity contribution is 8.00. The number of hydrogen-bond donors (Lipinski definition) is 0. The Labute approximate surface area is 105 Å². The van der Waals surface area contributed by atoms with Crippen LogP contribution in [0.4, 0.5) is 0 Å². The van der Waals surface area contributed by atoms with Gasteiger partial charge in [0.05, 0.1) is 12.4 Å². The number of hydrogen-bond acceptors (Lipinski definition) is 3. The van der Waals surface area contributed by atoms with Crippen molar-refractivity contribution >= 4 is 28.5 Å². The first-order valence-corrected chi connectivity index (χ1v) is 6.55. The maximum Gasteiger partial charge on any atom is 0.316 e. The van der Waals surface area contributed by atoms with Crippen molar-refractivity contribution in [3.05, 3.63) is 42.5 Å². The number of carbonyl (C=O) groups excluding carboxylic acids is 1. The van der Waals surface area contributed by atoms with E-state index < -0.39 is 0 Å². The Balaban J connectivity index is 2.06. The Morgan fingerprint density at radius 2 is 1.94 bits per heavy atom. The van der Waals surface area contributed by atoms with Crippen LogP contribution in [0, 0.1) is 0 Å². The van der Waals surface area contributed by atoms with E-state index in [1.165, 1.54) is 22.5 Å². The molecule has 0 spiro atoms. The predicted molar refractivity (Wildman–Crippen MR) is 71.3 cm³/mol. The Morgan fingerprint density at radius 1 is 1.18 bits per heavy atom. The number of carbonyl (C=O) groups is 1. The van der Waals surface area contributed by atoms with Gasteiger partial charge >= 0.3 is 5.97 Å². The van der Waals surface area contributed by atoms with E-state index in [9.17, 15) is 4.79 Å². The zero-order valence-electron chi connectivity index (χ0n) is 9.68. The Kier molecular flexibility index (Phi) is 4.04. The van der Waals surface area contributed by atoms with E-state index in [-0.39, 0.29) is 5.97 Å². The van der Waals surface area contributed by atoms with E-state index in [2.05, 4.69) is 24.3 Å². The molecule has 0 aliphatic carbocycles. The van der Waals surface area contributed by atoms with Crippen LogP contribution >= 0.6 is 11.8 Å². The number of rotatable bonds is 4. The number of esters is 1. The van der Waals surface area contributed by atoms with Gasteiger partial charge in [-0.1, -0.05) is 30.3 Å². The molecule has 0 aromatic heterocycles. The molecule has 0 aliphatic rings. The third-order valence-corrected chi connectivity index (χ3v) is 3.35. The van der Waals surface area contributed by atoms with Crippen molar-refractivity contribution in [3.63, 3.8) is 0 Å². The zero-order valence-corrected chi connectivity index (χ0v) is 10.5. The van der Waals surface area contributed by atoms with Gasteiger partial charge < -0.3 is 4.74 Å². The minimum Gasteiger partial charge on any atom is -0.465 e. The van der Waals surface area contributed by atoms with Crippen LogP contribution in [0.5, 0.6) is 0 Å². The fourth-order valence-electron chi connectivity index (χ4n) is 1.60. The third-order valence-electron chi connectivity index (χ3n) is 2.38. The topological polar surface area (TPSA) is 26.3 Å². The Morgan fingerprint density at radius 3 is 2.71 bits per heavy atom. The van der Waals surface area contributed by atoms with E-state index in [0.717, 1.165) is 4.90 Å². The maximum absolute atomic E-state index is 11.2. The normalized spacial score (nSPS) is 10.4. The fourth-order valence-corrected chi connectivity index (χ4v) is 2.34. The van der Waals surface area contributed by atoms with Crippen LogP contribution in [0.1, 0.15) is 6.92 Å². The minimum atomic E-state index is -0.161. The summed E-state index contributed by atoms with van der Waals surface area (Å²) in [4.78, 5) is 12.3. The second kappa shape index (κ2) is 5.73. The van der Waals surface area contributed by atoms with Gasteiger partial charge in [-0.25, -0.2) is 0 Å². The lowest BCUT2D eigenvalue weighted by Gasteiger charge is -2.03. The van der Waals surface area contributed by atoms with Gasteiger partial charge in [-0.2, -0.15) is 0 Å². The van der Waals surface area contributed by atoms with E-state index in [1.807, 2.05) is 25.1 Å². The van der Waals surface area contributed by atoms with Gasteiger partial charge in [-0.15, -0.1) is 11.8 Å². The van der Waals surface area contributed by atoms with E-state index in [1.54, 1.807) is 0 Å². The summed E-state index contributed by atoms with van der Waals surface area (Å²) in [6, 6.07) is 14.4. The molecule has 0 radical (unpaired) electrons. The molecule has 0 N–H and O–H groups in total. The van der Waals surface area contributed by atoms with Gasteiger partial charge in [-0.3, -0.25) is 4.79 Å². The number of ether oxygens (including phenoxy) is 1. The lowest BCUT2D eigenvalue weighted by atomic mass is 10.1. The van der Waals surface area contributed by atoms with E-state index in [0.29, 0.717) is 12.4 Å². The van der Waals surface area contributed by atoms with Gasteiger partial charge in [0.25, 0.3) is 0 Å². The SMILES string of the molecule is CCOC(=O)CSc1ccc2ccccc2c1. The molecule has 0 fully saturated rings. The molecule has 3 heteroatoms. The average Bonchev–Trinajstić information content (AvgIpc) is 2.36. The number of benzene rings is 2. The van der Waals surface area contributed by atoms with Crippen molar-refractivity contribution in [1.29, 1.82) is 0 Å². The molecular formula is C14H14O2S. The molecule has 0 atom stereocenters. The average molecular weight is 246 g/mol. The molecule has 2 aromatic carbocycles. The smallest absolute Gasteiger partial charge is 0.316 e. The summed E-state index contributed by atoms with van der Waals surface area (Å²) in [6.07, 6.45) is 0. The summed E-state index contributed by atoms with van der Waals surface area (Å²) in [7, 11) is 0. The highest BCUT2D eigenvalue weighted by Gasteiger charge is 2.03. The maximum atomic E-state index is 11.2. The van der Waals surface area contributed by atoms with Crippen LogP contribution in [-0.4, -0.2) is 18.3 Å². The summed E-state index contributed by atoms with van der Waals surface area (Å²) < 4.78 is 4.89. The van der Waals surface area contributed by atoms with Crippen molar-refractivity contribution in [2.24, 2.45) is 0 Å². The molecule has 2 aromatic rings. The molecule has 0 bridgehead atoms. The zero-order chi connectivity index (χ0) is 12.1. The standard InChI is InChI=1S/C14H14O2S/c1-2-16-14(15)10-17-13-8-7-11-5-3-4-6-12(11)9-13/h3-9H,2,10H2,1H3. The molecular weight excluding hydrogens is 232 g/mol. The van der Waals surface area contributed by atoms with Crippen LogP contribution in [0.2, 0.25) is 0 Å². The molecule has 2 rings (SSSR count). The van der Waals surface area contributed by atoms with Crippen molar-refractivity contribution in [3.8, 4) is 0 Å². The van der Waals surface area contributed by atoms with Crippen molar-refractivity contribution in [2.75, 3.05) is 12.4 Å². The van der Waals surface area contributed by atoms with Crippen molar-refractivity contribution in [2.45, 2.75) is 11.8 Å². The first-order valence-electron chi connectivity index (χ1n) is 5.57.